The molecule has 8 nitrogen and oxygen atoms in total. The predicted octanol–water partition coefficient (Wildman–Crippen LogP) is 6.50. The van der Waals surface area contributed by atoms with Crippen LogP contribution in [0.4, 0.5) is 10.1 Å². The van der Waals surface area contributed by atoms with E-state index in [1.54, 1.807) is 32.0 Å². The van der Waals surface area contributed by atoms with E-state index < -0.39 is 40.2 Å². The lowest BCUT2D eigenvalue weighted by atomic mass is 10.0. The van der Waals surface area contributed by atoms with Gasteiger partial charge in [0, 0.05) is 19.0 Å². The number of hydrogen-bond acceptors (Lipinski definition) is 5. The topological polar surface area (TPSA) is 96.0 Å². The van der Waals surface area contributed by atoms with Crippen LogP contribution < -0.4 is 14.4 Å². The molecule has 0 heterocycles. The van der Waals surface area contributed by atoms with Crippen molar-refractivity contribution in [2.75, 3.05) is 18.0 Å². The number of rotatable bonds is 13. The molecule has 4 aromatic rings. The monoisotopic (exact) mass is 685 g/mol. The van der Waals surface area contributed by atoms with Crippen molar-refractivity contribution in [3.05, 3.63) is 124 Å². The molecule has 46 heavy (non-hydrogen) atoms. The fourth-order valence-corrected chi connectivity index (χ4v) is 6.52. The van der Waals surface area contributed by atoms with Gasteiger partial charge < -0.3 is 15.0 Å². The second-order valence-electron chi connectivity index (χ2n) is 10.8. The predicted molar refractivity (Wildman–Crippen MR) is 178 cm³/mol. The van der Waals surface area contributed by atoms with E-state index in [-0.39, 0.29) is 34.6 Å². The third-order valence-corrected chi connectivity index (χ3v) is 9.61. The van der Waals surface area contributed by atoms with Gasteiger partial charge in [-0.3, -0.25) is 13.9 Å². The van der Waals surface area contributed by atoms with Crippen molar-refractivity contribution in [3.8, 4) is 5.75 Å². The average Bonchev–Trinajstić information content (AvgIpc) is 3.03. The Morgan fingerprint density at radius 2 is 1.52 bits per heavy atom. The summed E-state index contributed by atoms with van der Waals surface area (Å²) in [5, 5.41) is 3.47. The largest absolute Gasteiger partial charge is 0.497 e. The highest BCUT2D eigenvalue weighted by Gasteiger charge is 2.35. The summed E-state index contributed by atoms with van der Waals surface area (Å²) < 4.78 is 48.1. The highest BCUT2D eigenvalue weighted by molar-refractivity contribution is 7.92. The molecule has 0 radical (unpaired) electrons. The number of methoxy groups -OCH3 is 1. The average molecular weight is 687 g/mol. The van der Waals surface area contributed by atoms with Crippen LogP contribution in [0.5, 0.6) is 5.75 Å². The lowest BCUT2D eigenvalue weighted by Gasteiger charge is -2.34. The molecule has 0 bridgehead atoms. The Morgan fingerprint density at radius 1 is 0.870 bits per heavy atom. The van der Waals surface area contributed by atoms with E-state index in [1.807, 2.05) is 30.3 Å². The molecule has 0 aliphatic rings. The molecule has 0 aliphatic heterocycles. The van der Waals surface area contributed by atoms with Crippen LogP contribution in [0.2, 0.25) is 10.0 Å². The molecule has 0 aromatic heterocycles. The molecule has 2 amide bonds. The first-order valence-electron chi connectivity index (χ1n) is 14.4. The lowest BCUT2D eigenvalue weighted by molar-refractivity contribution is -0.140. The molecule has 4 rings (SSSR count). The number of carbonyl (C=O) groups is 2. The molecule has 1 atom stereocenters. The number of carbonyl (C=O) groups excluding carboxylic acids is 2. The summed E-state index contributed by atoms with van der Waals surface area (Å²) in [7, 11) is -2.91. The SMILES string of the molecule is COc1ccc(S(=O)(=O)N(CC(=O)N(Cc2ccc(Cl)c(Cl)c2)[C@H](Cc2ccccc2)C(=O)NC(C)C)c2ccc(F)cc2)cc1. The Balaban J connectivity index is 1.81. The van der Waals surface area contributed by atoms with Crippen molar-refractivity contribution in [2.45, 2.75) is 43.8 Å². The molecule has 1 N–H and O–H groups in total. The van der Waals surface area contributed by atoms with Crippen LogP contribution in [-0.4, -0.2) is 50.9 Å². The van der Waals surface area contributed by atoms with Gasteiger partial charge >= 0.3 is 0 Å². The summed E-state index contributed by atoms with van der Waals surface area (Å²) in [6.45, 7) is 2.83. The van der Waals surface area contributed by atoms with Crippen LogP contribution in [0.3, 0.4) is 0 Å². The van der Waals surface area contributed by atoms with Gasteiger partial charge in [-0.1, -0.05) is 59.6 Å². The molecule has 0 spiro atoms. The molecule has 4 aromatic carbocycles. The van der Waals surface area contributed by atoms with E-state index in [0.29, 0.717) is 16.3 Å². The summed E-state index contributed by atoms with van der Waals surface area (Å²) in [5.41, 5.74) is 1.43. The zero-order chi connectivity index (χ0) is 33.4. The van der Waals surface area contributed by atoms with Gasteiger partial charge in [0.1, 0.15) is 24.2 Å². The minimum Gasteiger partial charge on any atom is -0.497 e. The molecule has 0 aliphatic carbocycles. The van der Waals surface area contributed by atoms with E-state index in [4.69, 9.17) is 27.9 Å². The number of halogens is 3. The Hall–Kier alpha value is -4.12. The third kappa shape index (κ3) is 8.78. The minimum atomic E-state index is -4.36. The van der Waals surface area contributed by atoms with Gasteiger partial charge in [-0.2, -0.15) is 0 Å². The second-order valence-corrected chi connectivity index (χ2v) is 13.5. The van der Waals surface area contributed by atoms with Crippen LogP contribution in [0.15, 0.2) is 102 Å². The van der Waals surface area contributed by atoms with Gasteiger partial charge in [-0.05, 0) is 85.6 Å². The third-order valence-electron chi connectivity index (χ3n) is 7.08. The quantitative estimate of drug-likeness (QED) is 0.173. The van der Waals surface area contributed by atoms with Crippen molar-refractivity contribution >= 4 is 50.7 Å². The summed E-state index contributed by atoms with van der Waals surface area (Å²) in [6, 6.07) is 23.2. The van der Waals surface area contributed by atoms with Gasteiger partial charge in [0.2, 0.25) is 11.8 Å². The van der Waals surface area contributed by atoms with Crippen molar-refractivity contribution in [1.82, 2.24) is 10.2 Å². The number of sulfonamides is 1. The summed E-state index contributed by atoms with van der Waals surface area (Å²) in [6.07, 6.45) is 0.147. The first kappa shape index (κ1) is 34.7. The minimum absolute atomic E-state index is 0.0614. The summed E-state index contributed by atoms with van der Waals surface area (Å²) in [4.78, 5) is 29.4. The van der Waals surface area contributed by atoms with Crippen LogP contribution in [-0.2, 0) is 32.6 Å². The number of benzene rings is 4. The second kappa shape index (κ2) is 15.4. The molecular weight excluding hydrogens is 652 g/mol. The molecule has 0 saturated heterocycles. The number of nitrogens with one attached hydrogen (secondary N) is 1. The number of ether oxygens (including phenoxy) is 1. The molecule has 0 fully saturated rings. The van der Waals surface area contributed by atoms with Gasteiger partial charge in [0.15, 0.2) is 0 Å². The van der Waals surface area contributed by atoms with E-state index in [2.05, 4.69) is 5.32 Å². The highest BCUT2D eigenvalue weighted by Crippen LogP contribution is 2.28. The Labute approximate surface area is 278 Å². The number of amides is 2. The smallest absolute Gasteiger partial charge is 0.264 e. The maximum Gasteiger partial charge on any atom is 0.264 e. The maximum atomic E-state index is 14.4. The van der Waals surface area contributed by atoms with Crippen molar-refractivity contribution in [1.29, 1.82) is 0 Å². The van der Waals surface area contributed by atoms with Gasteiger partial charge in [0.05, 0.1) is 27.7 Å². The number of hydrogen-bond donors (Lipinski definition) is 1. The Morgan fingerprint density at radius 3 is 2.11 bits per heavy atom. The fraction of sp³-hybridized carbons (Fsp3) is 0.235. The fourth-order valence-electron chi connectivity index (χ4n) is 4.78. The van der Waals surface area contributed by atoms with Gasteiger partial charge in [0.25, 0.3) is 10.0 Å². The molecular formula is C34H34Cl2FN3O5S. The van der Waals surface area contributed by atoms with Crippen LogP contribution in [0, 0.1) is 5.82 Å². The summed E-state index contributed by atoms with van der Waals surface area (Å²) >= 11 is 12.5. The van der Waals surface area contributed by atoms with E-state index in [1.165, 1.54) is 48.4 Å². The van der Waals surface area contributed by atoms with Crippen LogP contribution >= 0.6 is 23.2 Å². The summed E-state index contributed by atoms with van der Waals surface area (Å²) in [5.74, 6) is -1.23. The first-order valence-corrected chi connectivity index (χ1v) is 16.6. The molecule has 0 unspecified atom stereocenters. The lowest BCUT2D eigenvalue weighted by Crippen LogP contribution is -2.54. The normalized spacial score (nSPS) is 12.0. The zero-order valence-electron chi connectivity index (χ0n) is 25.5. The zero-order valence-corrected chi connectivity index (χ0v) is 27.8. The van der Waals surface area contributed by atoms with Crippen LogP contribution in [0.25, 0.3) is 0 Å². The van der Waals surface area contributed by atoms with Crippen molar-refractivity contribution in [3.63, 3.8) is 0 Å². The van der Waals surface area contributed by atoms with Crippen LogP contribution in [0.1, 0.15) is 25.0 Å². The highest BCUT2D eigenvalue weighted by atomic mass is 35.5. The Kier molecular flexibility index (Phi) is 11.7. The number of anilines is 1. The molecule has 242 valence electrons. The molecule has 12 heteroatoms. The molecule has 0 saturated carbocycles. The van der Waals surface area contributed by atoms with E-state index in [9.17, 15) is 22.4 Å². The van der Waals surface area contributed by atoms with Crippen molar-refractivity contribution < 1.29 is 27.1 Å². The standard InChI is InChI=1S/C34H34Cl2FN3O5S/c1-23(2)38-34(42)32(20-24-7-5-4-6-8-24)39(21-25-9-18-30(35)31(36)19-25)33(41)22-40(27-12-10-26(37)11-13-27)46(43,44)29-16-14-28(45-3)15-17-29/h4-19,23,32H,20-22H2,1-3H3,(H,38,42)/t32-/m1/s1. The van der Waals surface area contributed by atoms with E-state index in [0.717, 1.165) is 22.0 Å². The van der Waals surface area contributed by atoms with Crippen molar-refractivity contribution in [2.24, 2.45) is 0 Å². The number of nitrogens with zero attached hydrogens (tertiary/aromatic N) is 2. The van der Waals surface area contributed by atoms with Gasteiger partial charge in [-0.25, -0.2) is 12.8 Å². The Bertz CT molecular complexity index is 1760. The maximum absolute atomic E-state index is 14.4. The van der Waals surface area contributed by atoms with Gasteiger partial charge in [-0.15, -0.1) is 0 Å². The van der Waals surface area contributed by atoms with E-state index >= 15 is 0 Å². The first-order chi connectivity index (χ1) is 21.9.